The summed E-state index contributed by atoms with van der Waals surface area (Å²) < 4.78 is 0. The highest BCUT2D eigenvalue weighted by Crippen LogP contribution is 2.27. The minimum atomic E-state index is -1.25. The molecule has 9 heteroatoms. The van der Waals surface area contributed by atoms with Crippen LogP contribution in [0.25, 0.3) is 0 Å². The van der Waals surface area contributed by atoms with Crippen LogP contribution < -0.4 is 16.0 Å². The molecule has 1 unspecified atom stereocenters. The van der Waals surface area contributed by atoms with Crippen molar-refractivity contribution in [3.05, 3.63) is 0 Å². The van der Waals surface area contributed by atoms with Gasteiger partial charge >= 0.3 is 12.1 Å². The largest absolute Gasteiger partial charge is 0.465 e. The number of urea groups is 1. The lowest BCUT2D eigenvalue weighted by Crippen LogP contribution is -2.54. The lowest BCUT2D eigenvalue weighted by Gasteiger charge is -2.27. The number of carbonyl (C=O) groups is 3. The monoisotopic (exact) mass is 358 g/mol. The van der Waals surface area contributed by atoms with Gasteiger partial charge < -0.3 is 31.1 Å². The molecule has 1 fully saturated rings. The van der Waals surface area contributed by atoms with Crippen LogP contribution in [0.1, 0.15) is 38.5 Å². The van der Waals surface area contributed by atoms with Crippen molar-refractivity contribution in [2.45, 2.75) is 50.6 Å². The van der Waals surface area contributed by atoms with E-state index in [2.05, 4.69) is 16.0 Å². The number of hydrogen-bond acceptors (Lipinski definition) is 4. The number of hydrogen-bond donors (Lipinski definition) is 5. The van der Waals surface area contributed by atoms with Crippen LogP contribution in [0.2, 0.25) is 0 Å². The van der Waals surface area contributed by atoms with Gasteiger partial charge in [0.2, 0.25) is 5.91 Å². The van der Waals surface area contributed by atoms with Crippen LogP contribution >= 0.6 is 0 Å². The Bertz CT molecular complexity index is 452. The summed E-state index contributed by atoms with van der Waals surface area (Å²) in [5.74, 6) is -0.163. The summed E-state index contributed by atoms with van der Waals surface area (Å²) in [4.78, 5) is 36.3. The second kappa shape index (κ2) is 10.8. The van der Waals surface area contributed by atoms with E-state index in [1.807, 2.05) is 0 Å². The maximum absolute atomic E-state index is 12.4. The van der Waals surface area contributed by atoms with Crippen molar-refractivity contribution in [1.29, 1.82) is 0 Å². The molecule has 0 spiro atoms. The normalized spacial score (nSPS) is 17.2. The summed E-state index contributed by atoms with van der Waals surface area (Å²) in [6, 6.07) is -1.88. The van der Waals surface area contributed by atoms with Crippen molar-refractivity contribution in [1.82, 2.24) is 20.9 Å². The third-order valence-corrected chi connectivity index (χ3v) is 4.38. The fourth-order valence-corrected chi connectivity index (χ4v) is 2.97. The molecule has 0 aromatic heterocycles. The molecule has 0 saturated heterocycles. The number of aliphatic hydroxyl groups is 1. The number of nitrogens with one attached hydrogen (secondary N) is 3. The third-order valence-electron chi connectivity index (χ3n) is 4.38. The van der Waals surface area contributed by atoms with Crippen molar-refractivity contribution < 1.29 is 24.6 Å². The zero-order chi connectivity index (χ0) is 18.8. The van der Waals surface area contributed by atoms with E-state index >= 15 is 0 Å². The minimum absolute atomic E-state index is 0.0580. The molecule has 0 aliphatic heterocycles. The van der Waals surface area contributed by atoms with Crippen LogP contribution in [0.4, 0.5) is 9.59 Å². The molecule has 0 aromatic carbocycles. The number of nitrogens with zero attached hydrogens (tertiary/aromatic N) is 1. The molecule has 25 heavy (non-hydrogen) atoms. The molecule has 1 rings (SSSR count). The Kier molecular flexibility index (Phi) is 9.04. The van der Waals surface area contributed by atoms with E-state index in [0.717, 1.165) is 25.7 Å². The second-order valence-corrected chi connectivity index (χ2v) is 6.71. The van der Waals surface area contributed by atoms with Crippen LogP contribution in [-0.2, 0) is 4.79 Å². The van der Waals surface area contributed by atoms with Crippen molar-refractivity contribution in [2.24, 2.45) is 5.92 Å². The maximum Gasteiger partial charge on any atom is 0.405 e. The maximum atomic E-state index is 12.4. The fourth-order valence-electron chi connectivity index (χ4n) is 2.97. The fraction of sp³-hybridized carbons (Fsp3) is 0.812. The quantitative estimate of drug-likeness (QED) is 0.427. The van der Waals surface area contributed by atoms with Crippen molar-refractivity contribution in [3.63, 3.8) is 0 Å². The van der Waals surface area contributed by atoms with Crippen LogP contribution in [0.3, 0.4) is 0 Å². The molecule has 5 N–H and O–H groups in total. The molecule has 0 bridgehead atoms. The molecule has 144 valence electrons. The standard InChI is InChI=1S/C16H30N4O5/c1-20(2)15(23)17-9-12(10-21)18-14(22)13(19-16(24)25)8-11-6-4-3-5-7-11/h11-13,19,21H,3-10H2,1-2H3,(H,17,23)(H,18,22)(H,24,25)/t12?,13-/m0/s1. The van der Waals surface area contributed by atoms with Gasteiger partial charge in [-0.05, 0) is 12.3 Å². The highest BCUT2D eigenvalue weighted by molar-refractivity contribution is 5.85. The van der Waals surface area contributed by atoms with Gasteiger partial charge in [0.25, 0.3) is 0 Å². The first-order valence-corrected chi connectivity index (χ1v) is 8.69. The van der Waals surface area contributed by atoms with E-state index in [9.17, 15) is 19.5 Å². The summed E-state index contributed by atoms with van der Waals surface area (Å²) in [5, 5.41) is 25.8. The van der Waals surface area contributed by atoms with Gasteiger partial charge in [0.1, 0.15) is 6.04 Å². The summed E-state index contributed by atoms with van der Waals surface area (Å²) in [5.41, 5.74) is 0. The molecule has 4 amide bonds. The number of carbonyl (C=O) groups excluding carboxylic acids is 2. The number of amides is 4. The Morgan fingerprint density at radius 2 is 1.76 bits per heavy atom. The van der Waals surface area contributed by atoms with Crippen molar-refractivity contribution >= 4 is 18.0 Å². The van der Waals surface area contributed by atoms with E-state index in [0.29, 0.717) is 12.3 Å². The van der Waals surface area contributed by atoms with E-state index in [1.54, 1.807) is 14.1 Å². The molecule has 0 heterocycles. The molecular formula is C16H30N4O5. The molecule has 1 aliphatic rings. The predicted octanol–water partition coefficient (Wildman–Crippen LogP) is 0.341. The van der Waals surface area contributed by atoms with Gasteiger partial charge in [-0.25, -0.2) is 9.59 Å². The van der Waals surface area contributed by atoms with Gasteiger partial charge in [0.15, 0.2) is 0 Å². The topological polar surface area (TPSA) is 131 Å². The van der Waals surface area contributed by atoms with Gasteiger partial charge in [-0.15, -0.1) is 0 Å². The lowest BCUT2D eigenvalue weighted by atomic mass is 9.84. The van der Waals surface area contributed by atoms with Crippen LogP contribution in [0, 0.1) is 5.92 Å². The highest BCUT2D eigenvalue weighted by Gasteiger charge is 2.27. The average molecular weight is 358 g/mol. The molecule has 1 aliphatic carbocycles. The zero-order valence-electron chi connectivity index (χ0n) is 15.0. The average Bonchev–Trinajstić information content (AvgIpc) is 2.57. The van der Waals surface area contributed by atoms with Crippen LogP contribution in [0.5, 0.6) is 0 Å². The Morgan fingerprint density at radius 3 is 2.28 bits per heavy atom. The minimum Gasteiger partial charge on any atom is -0.465 e. The first kappa shape index (κ1) is 21.0. The number of carboxylic acid groups (broad SMARTS) is 1. The molecule has 0 aromatic rings. The highest BCUT2D eigenvalue weighted by atomic mass is 16.4. The van der Waals surface area contributed by atoms with Crippen molar-refractivity contribution in [3.8, 4) is 0 Å². The summed E-state index contributed by atoms with van der Waals surface area (Å²) >= 11 is 0. The predicted molar refractivity (Wildman–Crippen MR) is 92.2 cm³/mol. The molecule has 2 atom stereocenters. The van der Waals surface area contributed by atoms with E-state index in [1.165, 1.54) is 11.3 Å². The van der Waals surface area contributed by atoms with E-state index in [4.69, 9.17) is 5.11 Å². The molecule has 9 nitrogen and oxygen atoms in total. The van der Waals surface area contributed by atoms with E-state index < -0.39 is 24.1 Å². The third kappa shape index (κ3) is 8.06. The van der Waals surface area contributed by atoms with Gasteiger partial charge in [0.05, 0.1) is 12.6 Å². The van der Waals surface area contributed by atoms with Gasteiger partial charge in [-0.2, -0.15) is 0 Å². The summed E-state index contributed by atoms with van der Waals surface area (Å²) in [7, 11) is 3.16. The van der Waals surface area contributed by atoms with E-state index in [-0.39, 0.29) is 19.2 Å². The SMILES string of the molecule is CN(C)C(=O)NCC(CO)NC(=O)[C@H](CC1CCCCC1)NC(=O)O. The molecular weight excluding hydrogens is 328 g/mol. The number of rotatable bonds is 8. The Hall–Kier alpha value is -2.03. The van der Waals surface area contributed by atoms with Crippen molar-refractivity contribution in [2.75, 3.05) is 27.2 Å². The first-order chi connectivity index (χ1) is 11.8. The molecule has 0 radical (unpaired) electrons. The van der Waals surface area contributed by atoms with Gasteiger partial charge in [-0.1, -0.05) is 32.1 Å². The van der Waals surface area contributed by atoms with Crippen LogP contribution in [-0.4, -0.2) is 72.5 Å². The lowest BCUT2D eigenvalue weighted by molar-refractivity contribution is -0.124. The van der Waals surface area contributed by atoms with Gasteiger partial charge in [0, 0.05) is 20.6 Å². The molecule has 1 saturated carbocycles. The first-order valence-electron chi connectivity index (χ1n) is 8.69. The zero-order valence-corrected chi connectivity index (χ0v) is 15.0. The number of aliphatic hydroxyl groups excluding tert-OH is 1. The Morgan fingerprint density at radius 1 is 1.12 bits per heavy atom. The van der Waals surface area contributed by atoms with Crippen LogP contribution in [0.15, 0.2) is 0 Å². The second-order valence-electron chi connectivity index (χ2n) is 6.71. The smallest absolute Gasteiger partial charge is 0.405 e. The van der Waals surface area contributed by atoms with Gasteiger partial charge in [-0.3, -0.25) is 4.79 Å². The summed E-state index contributed by atoms with van der Waals surface area (Å²) in [6.45, 7) is -0.300. The Labute approximate surface area is 148 Å². The Balaban J connectivity index is 2.58. The summed E-state index contributed by atoms with van der Waals surface area (Å²) in [6.07, 6.45) is 4.56.